The molecule has 2 rings (SSSR count). The van der Waals surface area contributed by atoms with E-state index in [2.05, 4.69) is 5.32 Å². The monoisotopic (exact) mass is 655 g/mol. The predicted molar refractivity (Wildman–Crippen MR) is 158 cm³/mol. The Morgan fingerprint density at radius 3 is 2.13 bits per heavy atom. The number of esters is 5. The summed E-state index contributed by atoms with van der Waals surface area (Å²) in [5, 5.41) is 2.37. The van der Waals surface area contributed by atoms with Gasteiger partial charge in [0.1, 0.15) is 23.7 Å². The molecule has 1 aromatic rings. The van der Waals surface area contributed by atoms with Crippen LogP contribution in [0.5, 0.6) is 0 Å². The van der Waals surface area contributed by atoms with Crippen LogP contribution in [0.4, 0.5) is 4.79 Å². The Labute approximate surface area is 266 Å². The van der Waals surface area contributed by atoms with Gasteiger partial charge in [-0.1, -0.05) is 30.3 Å². The van der Waals surface area contributed by atoms with Crippen LogP contribution in [0.3, 0.4) is 0 Å². The highest BCUT2D eigenvalue weighted by Crippen LogP contribution is 2.31. The molecule has 0 bridgehead atoms. The maximum Gasteiger partial charge on any atom is 0.408 e. The van der Waals surface area contributed by atoms with Crippen LogP contribution in [-0.4, -0.2) is 90.3 Å². The summed E-state index contributed by atoms with van der Waals surface area (Å²) in [4.78, 5) is 72.8. The van der Waals surface area contributed by atoms with Crippen LogP contribution in [0.1, 0.15) is 59.9 Å². The lowest BCUT2D eigenvalue weighted by Crippen LogP contribution is -2.56. The van der Waals surface area contributed by atoms with E-state index in [0.29, 0.717) is 12.2 Å². The molecule has 1 aliphatic rings. The first kappa shape index (κ1) is 37.3. The number of hydrogen-bond donors (Lipinski definition) is 1. The average Bonchev–Trinajstić information content (AvgIpc) is 2.92. The van der Waals surface area contributed by atoms with Gasteiger partial charge in [-0.2, -0.15) is 0 Å². The standard InChI is InChI=1S/C30H41NO13S/c1-18(32)41-23-17-40-28(26(43-20(3)34)25(23)42-19(2)33)45-14-10-13-38-24(35)15-22(31-29(37)44-30(4,5)6)27(36)39-16-21-11-8-7-9-12-21/h7-9,11-12,22-23,25-26,28H,10,13-17H2,1-6H3,(H,31,37)/t22-,23+,25-,26+,28-/m0/s1. The van der Waals surface area contributed by atoms with Gasteiger partial charge in [0, 0.05) is 20.8 Å². The van der Waals surface area contributed by atoms with Crippen molar-refractivity contribution in [3.63, 3.8) is 0 Å². The smallest absolute Gasteiger partial charge is 0.408 e. The Hall–Kier alpha value is -3.85. The zero-order valence-electron chi connectivity index (χ0n) is 26.2. The van der Waals surface area contributed by atoms with Crippen LogP contribution >= 0.6 is 11.8 Å². The van der Waals surface area contributed by atoms with Crippen molar-refractivity contribution in [2.45, 2.75) is 96.4 Å². The third-order valence-electron chi connectivity index (χ3n) is 5.71. The van der Waals surface area contributed by atoms with Gasteiger partial charge in [0.15, 0.2) is 18.3 Å². The summed E-state index contributed by atoms with van der Waals surface area (Å²) < 4.78 is 37.5. The van der Waals surface area contributed by atoms with Gasteiger partial charge in [-0.3, -0.25) is 19.2 Å². The molecule has 1 N–H and O–H groups in total. The largest absolute Gasteiger partial charge is 0.466 e. The molecular formula is C30H41NO13S. The van der Waals surface area contributed by atoms with Crippen LogP contribution in [0.2, 0.25) is 0 Å². The van der Waals surface area contributed by atoms with Crippen molar-refractivity contribution in [1.82, 2.24) is 5.32 Å². The SMILES string of the molecule is CC(=O)O[C@@H]1[C@@H](OC(C)=O)[C@H](SCCCOC(=O)C[C@H](NC(=O)OC(C)(C)C)C(=O)OCc2ccccc2)OC[C@H]1OC(C)=O. The van der Waals surface area contributed by atoms with Gasteiger partial charge in [0.25, 0.3) is 0 Å². The Kier molecular flexibility index (Phi) is 15.1. The summed E-state index contributed by atoms with van der Waals surface area (Å²) in [5.74, 6) is -3.17. The van der Waals surface area contributed by atoms with E-state index in [0.717, 1.165) is 5.56 Å². The number of carbonyl (C=O) groups is 6. The van der Waals surface area contributed by atoms with Crippen molar-refractivity contribution in [2.75, 3.05) is 19.0 Å². The third-order valence-corrected chi connectivity index (χ3v) is 6.97. The molecule has 1 saturated heterocycles. The maximum absolute atomic E-state index is 12.8. The number of alkyl carbamates (subject to hydrolysis) is 1. The van der Waals surface area contributed by atoms with Gasteiger partial charge in [-0.25, -0.2) is 9.59 Å². The molecule has 0 spiro atoms. The Morgan fingerprint density at radius 2 is 1.53 bits per heavy atom. The van der Waals surface area contributed by atoms with Crippen LogP contribution in [-0.2, 0) is 63.7 Å². The first-order chi connectivity index (χ1) is 21.1. The quantitative estimate of drug-likeness (QED) is 0.176. The second-order valence-electron chi connectivity index (χ2n) is 10.9. The van der Waals surface area contributed by atoms with Crippen LogP contribution in [0.15, 0.2) is 30.3 Å². The van der Waals surface area contributed by atoms with Crippen molar-refractivity contribution < 1.29 is 61.9 Å². The zero-order chi connectivity index (χ0) is 33.6. The van der Waals surface area contributed by atoms with Crippen LogP contribution in [0, 0.1) is 0 Å². The normalized spacial score (nSPS) is 20.1. The molecule has 0 unspecified atom stereocenters. The second-order valence-corrected chi connectivity index (χ2v) is 12.1. The average molecular weight is 656 g/mol. The zero-order valence-corrected chi connectivity index (χ0v) is 27.0. The number of rotatable bonds is 14. The fraction of sp³-hybridized carbons (Fsp3) is 0.600. The molecule has 0 aliphatic carbocycles. The fourth-order valence-corrected chi connectivity index (χ4v) is 5.09. The molecule has 1 fully saturated rings. The topological polar surface area (TPSA) is 179 Å². The number of thioether (sulfide) groups is 1. The lowest BCUT2D eigenvalue weighted by atomic mass is 10.1. The molecule has 1 aliphatic heterocycles. The highest BCUT2D eigenvalue weighted by Gasteiger charge is 2.47. The molecule has 0 radical (unpaired) electrons. The first-order valence-corrected chi connectivity index (χ1v) is 15.3. The molecular weight excluding hydrogens is 614 g/mol. The number of ether oxygens (including phenoxy) is 7. The van der Waals surface area contributed by atoms with E-state index in [1.54, 1.807) is 45.0 Å². The number of amides is 1. The van der Waals surface area contributed by atoms with E-state index >= 15 is 0 Å². The van der Waals surface area contributed by atoms with Gasteiger partial charge in [-0.05, 0) is 38.5 Å². The van der Waals surface area contributed by atoms with Crippen molar-refractivity contribution in [3.05, 3.63) is 35.9 Å². The van der Waals surface area contributed by atoms with Crippen molar-refractivity contribution in [3.8, 4) is 0 Å². The van der Waals surface area contributed by atoms with Gasteiger partial charge in [0.2, 0.25) is 0 Å². The molecule has 0 aromatic heterocycles. The number of carbonyl (C=O) groups excluding carboxylic acids is 6. The highest BCUT2D eigenvalue weighted by atomic mass is 32.2. The summed E-state index contributed by atoms with van der Waals surface area (Å²) in [6, 6.07) is 7.55. The Morgan fingerprint density at radius 1 is 0.911 bits per heavy atom. The summed E-state index contributed by atoms with van der Waals surface area (Å²) in [5.41, 5.74) is -0.889. The minimum atomic E-state index is -1.35. The molecule has 1 amide bonds. The molecule has 5 atom stereocenters. The predicted octanol–water partition coefficient (Wildman–Crippen LogP) is 2.83. The maximum atomic E-state index is 12.8. The molecule has 1 aromatic carbocycles. The second kappa shape index (κ2) is 18.2. The molecule has 250 valence electrons. The van der Waals surface area contributed by atoms with E-state index in [4.69, 9.17) is 33.2 Å². The van der Waals surface area contributed by atoms with E-state index in [-0.39, 0.29) is 19.8 Å². The molecule has 15 heteroatoms. The summed E-state index contributed by atoms with van der Waals surface area (Å²) >= 11 is 1.22. The number of hydrogen-bond acceptors (Lipinski definition) is 14. The van der Waals surface area contributed by atoms with E-state index < -0.39 is 77.8 Å². The molecule has 1 heterocycles. The minimum Gasteiger partial charge on any atom is -0.466 e. The van der Waals surface area contributed by atoms with Crippen molar-refractivity contribution in [1.29, 1.82) is 0 Å². The van der Waals surface area contributed by atoms with Crippen LogP contribution < -0.4 is 5.32 Å². The lowest BCUT2D eigenvalue weighted by molar-refractivity contribution is -0.213. The Balaban J connectivity index is 1.93. The van der Waals surface area contributed by atoms with Crippen molar-refractivity contribution >= 4 is 47.7 Å². The molecule has 14 nitrogen and oxygen atoms in total. The van der Waals surface area contributed by atoms with Crippen molar-refractivity contribution in [2.24, 2.45) is 0 Å². The first-order valence-electron chi connectivity index (χ1n) is 14.2. The third kappa shape index (κ3) is 14.7. The van der Waals surface area contributed by atoms with Gasteiger partial charge < -0.3 is 38.5 Å². The Bertz CT molecular complexity index is 1170. The molecule has 45 heavy (non-hydrogen) atoms. The minimum absolute atomic E-state index is 0.0432. The fourth-order valence-electron chi connectivity index (χ4n) is 3.99. The van der Waals surface area contributed by atoms with E-state index in [1.807, 2.05) is 6.07 Å². The molecule has 0 saturated carbocycles. The van der Waals surface area contributed by atoms with Gasteiger partial charge in [0.05, 0.1) is 19.6 Å². The van der Waals surface area contributed by atoms with Crippen LogP contribution in [0.25, 0.3) is 0 Å². The van der Waals surface area contributed by atoms with E-state index in [9.17, 15) is 28.8 Å². The highest BCUT2D eigenvalue weighted by molar-refractivity contribution is 7.99. The summed E-state index contributed by atoms with van der Waals surface area (Å²) in [7, 11) is 0. The summed E-state index contributed by atoms with van der Waals surface area (Å²) in [6.07, 6.45) is -4.20. The lowest BCUT2D eigenvalue weighted by Gasteiger charge is -2.40. The number of nitrogens with one attached hydrogen (secondary N) is 1. The van der Waals surface area contributed by atoms with Gasteiger partial charge >= 0.3 is 35.9 Å². The van der Waals surface area contributed by atoms with Gasteiger partial charge in [-0.15, -0.1) is 11.8 Å². The summed E-state index contributed by atoms with van der Waals surface area (Å²) in [6.45, 7) is 8.32. The van der Waals surface area contributed by atoms with E-state index in [1.165, 1.54) is 32.5 Å². The number of benzene rings is 1.